The molecule has 0 bridgehead atoms. The van der Waals surface area contributed by atoms with E-state index in [9.17, 15) is 13.2 Å². The summed E-state index contributed by atoms with van der Waals surface area (Å²) in [5, 5.41) is -0.727. The van der Waals surface area contributed by atoms with Gasteiger partial charge in [-0.15, -0.1) is 0 Å². The zero-order chi connectivity index (χ0) is 15.6. The van der Waals surface area contributed by atoms with E-state index in [1.165, 1.54) is 0 Å². The molecule has 1 saturated carbocycles. The molecule has 0 N–H and O–H groups in total. The molecule has 0 aliphatic heterocycles. The fraction of sp³-hybridized carbons (Fsp3) is 0.438. The lowest BCUT2D eigenvalue weighted by atomic mass is 9.98. The number of ether oxygens (including phenoxy) is 1. The smallest absolute Gasteiger partial charge is 0.309 e. The lowest BCUT2D eigenvalue weighted by Gasteiger charge is -2.20. The fourth-order valence-corrected chi connectivity index (χ4v) is 5.09. The first-order valence-corrected chi connectivity index (χ1v) is 8.57. The Kier molecular flexibility index (Phi) is 4.52. The van der Waals surface area contributed by atoms with Crippen LogP contribution in [0.3, 0.4) is 0 Å². The first-order valence-electron chi connectivity index (χ1n) is 7.02. The molecule has 1 fully saturated rings. The highest BCUT2D eigenvalue weighted by Crippen LogP contribution is 2.42. The van der Waals surface area contributed by atoms with E-state index in [4.69, 9.17) is 4.74 Å². The normalized spacial score (nSPS) is 25.8. The van der Waals surface area contributed by atoms with Gasteiger partial charge in [-0.3, -0.25) is 4.79 Å². The molecule has 0 unspecified atom stereocenters. The molecule has 0 radical (unpaired) electrons. The Bertz CT molecular complexity index is 634. The summed E-state index contributed by atoms with van der Waals surface area (Å²) in [6, 6.07) is 8.31. The van der Waals surface area contributed by atoms with E-state index < -0.39 is 21.0 Å². The fourth-order valence-electron chi connectivity index (χ4n) is 2.97. The monoisotopic (exact) mass is 308 g/mol. The van der Waals surface area contributed by atoms with Crippen LogP contribution in [0.4, 0.5) is 0 Å². The predicted molar refractivity (Wildman–Crippen MR) is 80.5 cm³/mol. The molecule has 1 aromatic rings. The lowest BCUT2D eigenvalue weighted by Crippen LogP contribution is -2.30. The second-order valence-electron chi connectivity index (χ2n) is 5.36. The van der Waals surface area contributed by atoms with E-state index in [1.807, 2.05) is 0 Å². The second kappa shape index (κ2) is 6.02. The van der Waals surface area contributed by atoms with Crippen molar-refractivity contribution in [3.63, 3.8) is 0 Å². The summed E-state index contributed by atoms with van der Waals surface area (Å²) in [6.07, 6.45) is 0.372. The van der Waals surface area contributed by atoms with Gasteiger partial charge in [-0.2, -0.15) is 0 Å². The number of carbonyl (C=O) groups excluding carboxylic acids is 1. The molecule has 0 spiro atoms. The number of hydrogen-bond donors (Lipinski definition) is 0. The summed E-state index contributed by atoms with van der Waals surface area (Å²) in [7, 11) is -3.53. The van der Waals surface area contributed by atoms with Gasteiger partial charge in [0, 0.05) is 0 Å². The summed E-state index contributed by atoms with van der Waals surface area (Å²) >= 11 is 0. The summed E-state index contributed by atoms with van der Waals surface area (Å²) < 4.78 is 30.6. The van der Waals surface area contributed by atoms with Crippen molar-refractivity contribution in [1.29, 1.82) is 0 Å². The molecular weight excluding hydrogens is 288 g/mol. The zero-order valence-electron chi connectivity index (χ0n) is 12.3. The molecule has 0 heterocycles. The average Bonchev–Trinajstić information content (AvgIpc) is 2.76. The van der Waals surface area contributed by atoms with Gasteiger partial charge >= 0.3 is 5.97 Å². The maximum absolute atomic E-state index is 12.8. The van der Waals surface area contributed by atoms with Gasteiger partial charge in [-0.05, 0) is 31.4 Å². The van der Waals surface area contributed by atoms with E-state index >= 15 is 0 Å². The van der Waals surface area contributed by atoms with Gasteiger partial charge in [0.05, 0.1) is 22.7 Å². The second-order valence-corrected chi connectivity index (χ2v) is 7.43. The van der Waals surface area contributed by atoms with Crippen molar-refractivity contribution in [3.8, 4) is 0 Å². The van der Waals surface area contributed by atoms with Crippen molar-refractivity contribution in [2.45, 2.75) is 30.4 Å². The molecule has 21 heavy (non-hydrogen) atoms. The minimum atomic E-state index is -3.53. The molecular formula is C16H20O4S. The maximum Gasteiger partial charge on any atom is 0.309 e. The molecule has 0 saturated heterocycles. The van der Waals surface area contributed by atoms with Crippen LogP contribution in [-0.4, -0.2) is 26.2 Å². The number of benzene rings is 1. The number of rotatable bonds is 4. The maximum atomic E-state index is 12.8. The zero-order valence-corrected chi connectivity index (χ0v) is 13.1. The molecule has 1 aliphatic carbocycles. The minimum absolute atomic E-state index is 0.271. The van der Waals surface area contributed by atoms with Crippen LogP contribution < -0.4 is 0 Å². The quantitative estimate of drug-likeness (QED) is 0.633. The van der Waals surface area contributed by atoms with Crippen LogP contribution in [0.25, 0.3) is 0 Å². The Labute approximate surface area is 125 Å². The van der Waals surface area contributed by atoms with Gasteiger partial charge in [0.2, 0.25) is 0 Å². The van der Waals surface area contributed by atoms with Gasteiger partial charge < -0.3 is 4.74 Å². The Morgan fingerprint density at radius 1 is 1.33 bits per heavy atom. The molecule has 4 nitrogen and oxygen atoms in total. The summed E-state index contributed by atoms with van der Waals surface area (Å²) in [4.78, 5) is 12.2. The number of hydrogen-bond acceptors (Lipinski definition) is 4. The lowest BCUT2D eigenvalue weighted by molar-refractivity contribution is -0.148. The van der Waals surface area contributed by atoms with Crippen molar-refractivity contribution < 1.29 is 17.9 Å². The van der Waals surface area contributed by atoms with Crippen LogP contribution in [0.5, 0.6) is 0 Å². The highest BCUT2D eigenvalue weighted by atomic mass is 32.2. The van der Waals surface area contributed by atoms with Crippen LogP contribution in [0.15, 0.2) is 47.4 Å². The van der Waals surface area contributed by atoms with E-state index in [0.29, 0.717) is 18.6 Å². The molecule has 1 aliphatic rings. The van der Waals surface area contributed by atoms with Crippen molar-refractivity contribution in [3.05, 3.63) is 42.5 Å². The highest BCUT2D eigenvalue weighted by molar-refractivity contribution is 7.92. The van der Waals surface area contributed by atoms with Gasteiger partial charge in [0.1, 0.15) is 0 Å². The van der Waals surface area contributed by atoms with Crippen molar-refractivity contribution in [2.75, 3.05) is 6.61 Å². The Morgan fingerprint density at radius 2 is 1.95 bits per heavy atom. The molecule has 0 aromatic heterocycles. The van der Waals surface area contributed by atoms with Crippen molar-refractivity contribution >= 4 is 15.8 Å². The van der Waals surface area contributed by atoms with E-state index in [0.717, 1.165) is 0 Å². The third kappa shape index (κ3) is 2.88. The van der Waals surface area contributed by atoms with Gasteiger partial charge in [0.25, 0.3) is 0 Å². The first-order chi connectivity index (χ1) is 9.89. The molecule has 2 rings (SSSR count). The molecule has 0 amide bonds. The topological polar surface area (TPSA) is 60.4 Å². The van der Waals surface area contributed by atoms with Crippen LogP contribution in [0, 0.1) is 11.8 Å². The van der Waals surface area contributed by atoms with Crippen LogP contribution in [-0.2, 0) is 19.4 Å². The van der Waals surface area contributed by atoms with E-state index in [1.54, 1.807) is 44.2 Å². The number of esters is 1. The largest absolute Gasteiger partial charge is 0.466 e. The average molecular weight is 308 g/mol. The molecule has 3 atom stereocenters. The van der Waals surface area contributed by atoms with Gasteiger partial charge in [-0.1, -0.05) is 37.3 Å². The third-order valence-electron chi connectivity index (χ3n) is 3.99. The van der Waals surface area contributed by atoms with Crippen LogP contribution >= 0.6 is 0 Å². The number of carbonyl (C=O) groups is 1. The van der Waals surface area contributed by atoms with E-state index in [2.05, 4.69) is 6.58 Å². The standard InChI is InChI=1S/C16H20O4S/c1-4-20-16(17)14-10-11(2)15(12(14)3)21(18,19)13-8-6-5-7-9-13/h5-9,12,14-15H,2,4,10H2,1,3H3/t12-,14+,15-/m0/s1. The summed E-state index contributed by atoms with van der Waals surface area (Å²) in [5.74, 6) is -1.10. The van der Waals surface area contributed by atoms with Crippen LogP contribution in [0.1, 0.15) is 20.3 Å². The molecule has 5 heteroatoms. The third-order valence-corrected chi connectivity index (χ3v) is 6.35. The van der Waals surface area contributed by atoms with E-state index in [-0.39, 0.29) is 16.8 Å². The van der Waals surface area contributed by atoms with Crippen LogP contribution in [0.2, 0.25) is 0 Å². The molecule has 1 aromatic carbocycles. The Morgan fingerprint density at radius 3 is 2.52 bits per heavy atom. The SMILES string of the molecule is C=C1C[C@@H](C(=O)OCC)[C@H](C)[C@H]1S(=O)(=O)c1ccccc1. The summed E-state index contributed by atoms with van der Waals surface area (Å²) in [5.41, 5.74) is 0.587. The van der Waals surface area contributed by atoms with Gasteiger partial charge in [-0.25, -0.2) is 8.42 Å². The Balaban J connectivity index is 2.32. The minimum Gasteiger partial charge on any atom is -0.466 e. The van der Waals surface area contributed by atoms with Gasteiger partial charge in [0.15, 0.2) is 9.84 Å². The summed E-state index contributed by atoms with van der Waals surface area (Å²) in [6.45, 7) is 7.70. The van der Waals surface area contributed by atoms with Crippen molar-refractivity contribution in [1.82, 2.24) is 0 Å². The molecule has 114 valence electrons. The first kappa shape index (κ1) is 15.8. The highest BCUT2D eigenvalue weighted by Gasteiger charge is 2.47. The predicted octanol–water partition coefficient (Wildman–Crippen LogP) is 2.60. The number of sulfone groups is 1. The Hall–Kier alpha value is -1.62. The van der Waals surface area contributed by atoms with Crippen molar-refractivity contribution in [2.24, 2.45) is 11.8 Å².